The summed E-state index contributed by atoms with van der Waals surface area (Å²) in [6.45, 7) is 6.21. The van der Waals surface area contributed by atoms with E-state index in [9.17, 15) is 4.79 Å². The Hall–Kier alpha value is -3.64. The molecule has 2 aromatic carbocycles. The van der Waals surface area contributed by atoms with Crippen molar-refractivity contribution >= 4 is 22.9 Å². The molecule has 168 valence electrons. The molecule has 1 aliphatic heterocycles. The molecule has 6 heteroatoms. The number of likely N-dealkylation sites (tertiary alicyclic amines) is 1. The highest BCUT2D eigenvalue weighted by Crippen LogP contribution is 2.27. The second kappa shape index (κ2) is 9.08. The first-order valence-electron chi connectivity index (χ1n) is 11.5. The maximum Gasteiger partial charge on any atom is 0.266 e. The molecule has 0 unspecified atom stereocenters. The van der Waals surface area contributed by atoms with Crippen molar-refractivity contribution < 1.29 is 4.42 Å². The van der Waals surface area contributed by atoms with E-state index in [0.29, 0.717) is 16.7 Å². The number of nitrogens with one attached hydrogen (secondary N) is 2. The summed E-state index contributed by atoms with van der Waals surface area (Å²) in [6, 6.07) is 17.4. The van der Waals surface area contributed by atoms with Gasteiger partial charge in [0.25, 0.3) is 5.56 Å². The fourth-order valence-electron chi connectivity index (χ4n) is 4.43. The summed E-state index contributed by atoms with van der Waals surface area (Å²) in [5.74, 6) is 0.678. The number of hydrogen-bond donors (Lipinski definition) is 2. The van der Waals surface area contributed by atoms with E-state index in [2.05, 4.69) is 10.2 Å². The topological polar surface area (TPSA) is 74.3 Å². The molecular weight excluding hydrogens is 412 g/mol. The number of benzene rings is 2. The molecule has 1 fully saturated rings. The first kappa shape index (κ1) is 21.2. The quantitative estimate of drug-likeness (QED) is 0.394. The number of furan rings is 1. The van der Waals surface area contributed by atoms with Crippen LogP contribution in [0.1, 0.15) is 24.0 Å². The lowest BCUT2D eigenvalue weighted by Gasteiger charge is -2.17. The first-order valence-corrected chi connectivity index (χ1v) is 11.5. The van der Waals surface area contributed by atoms with Crippen LogP contribution in [0, 0.1) is 12.3 Å². The number of pyridine rings is 1. The molecule has 0 bridgehead atoms. The van der Waals surface area contributed by atoms with Crippen LogP contribution in [0.4, 0.5) is 5.69 Å². The second-order valence-electron chi connectivity index (χ2n) is 8.64. The van der Waals surface area contributed by atoms with Gasteiger partial charge >= 0.3 is 0 Å². The molecule has 33 heavy (non-hydrogen) atoms. The summed E-state index contributed by atoms with van der Waals surface area (Å²) in [6.07, 6.45) is 5.63. The van der Waals surface area contributed by atoms with Crippen LogP contribution >= 0.6 is 0 Å². The Labute approximate surface area is 193 Å². The maximum atomic E-state index is 13.3. The normalized spacial score (nSPS) is 14.1. The molecule has 1 aliphatic rings. The van der Waals surface area contributed by atoms with Crippen molar-refractivity contribution in [3.63, 3.8) is 0 Å². The highest BCUT2D eigenvalue weighted by atomic mass is 16.3. The van der Waals surface area contributed by atoms with E-state index < -0.39 is 0 Å². The predicted molar refractivity (Wildman–Crippen MR) is 134 cm³/mol. The van der Waals surface area contributed by atoms with Crippen molar-refractivity contribution in [1.82, 2.24) is 9.47 Å². The number of aromatic nitrogens is 1. The van der Waals surface area contributed by atoms with Gasteiger partial charge in [0.1, 0.15) is 11.3 Å². The van der Waals surface area contributed by atoms with Gasteiger partial charge in [0.2, 0.25) is 0 Å². The highest BCUT2D eigenvalue weighted by molar-refractivity contribution is 5.87. The van der Waals surface area contributed by atoms with Crippen LogP contribution in [0.2, 0.25) is 0 Å². The second-order valence-corrected chi connectivity index (χ2v) is 8.64. The lowest BCUT2D eigenvalue weighted by Crippen LogP contribution is -2.26. The average Bonchev–Trinajstić information content (AvgIpc) is 3.51. The van der Waals surface area contributed by atoms with Crippen molar-refractivity contribution in [1.29, 1.82) is 5.41 Å². The van der Waals surface area contributed by atoms with Gasteiger partial charge < -0.3 is 20.0 Å². The van der Waals surface area contributed by atoms with Gasteiger partial charge in [-0.1, -0.05) is 29.8 Å². The van der Waals surface area contributed by atoms with Gasteiger partial charge in [0, 0.05) is 48.0 Å². The molecule has 2 N–H and O–H groups in total. The van der Waals surface area contributed by atoms with E-state index in [1.807, 2.05) is 61.5 Å². The molecule has 0 atom stereocenters. The number of fused-ring (bicyclic) bond motifs is 1. The maximum absolute atomic E-state index is 13.3. The average molecular weight is 441 g/mol. The Bertz CT molecular complexity index is 1350. The van der Waals surface area contributed by atoms with Crippen molar-refractivity contribution in [3.05, 3.63) is 82.3 Å². The summed E-state index contributed by atoms with van der Waals surface area (Å²) in [5, 5.41) is 11.8. The summed E-state index contributed by atoms with van der Waals surface area (Å²) in [7, 11) is 0. The Morgan fingerprint density at radius 3 is 2.61 bits per heavy atom. The first-order chi connectivity index (χ1) is 16.1. The Morgan fingerprint density at radius 1 is 1.06 bits per heavy atom. The zero-order chi connectivity index (χ0) is 22.8. The number of aryl methyl sites for hydroxylation is 1. The minimum Gasteiger partial charge on any atom is -0.456 e. The number of rotatable bonds is 7. The molecule has 0 radical (unpaired) electrons. The summed E-state index contributed by atoms with van der Waals surface area (Å²) in [5.41, 5.74) is 4.94. The molecule has 0 spiro atoms. The fourth-order valence-corrected chi connectivity index (χ4v) is 4.43. The molecule has 0 amide bonds. The minimum absolute atomic E-state index is 0.139. The van der Waals surface area contributed by atoms with Crippen LogP contribution < -0.4 is 10.9 Å². The van der Waals surface area contributed by atoms with E-state index in [1.54, 1.807) is 10.8 Å². The van der Waals surface area contributed by atoms with E-state index >= 15 is 0 Å². The van der Waals surface area contributed by atoms with E-state index in [-0.39, 0.29) is 5.56 Å². The van der Waals surface area contributed by atoms with Crippen LogP contribution in [0.5, 0.6) is 0 Å². The van der Waals surface area contributed by atoms with Crippen molar-refractivity contribution in [2.75, 3.05) is 31.5 Å². The molecule has 6 nitrogen and oxygen atoms in total. The standard InChI is InChI=1S/C27H28N4O2/c1-19-4-6-20(7-5-19)26-17-23-25(33-26)10-14-31(27(23)32)22-8-9-24(21(16-22)18-28)29-11-15-30-12-2-3-13-30/h4-10,14,16-18,28-29H,2-3,11-13,15H2,1H3. The lowest BCUT2D eigenvalue weighted by atomic mass is 10.1. The monoisotopic (exact) mass is 440 g/mol. The number of hydrogen-bond acceptors (Lipinski definition) is 5. The number of nitrogens with zero attached hydrogens (tertiary/aromatic N) is 2. The molecule has 0 aliphatic carbocycles. The van der Waals surface area contributed by atoms with Gasteiger partial charge in [-0.2, -0.15) is 0 Å². The third kappa shape index (κ3) is 4.34. The lowest BCUT2D eigenvalue weighted by molar-refractivity contribution is 0.352. The SMILES string of the molecule is Cc1ccc(-c2cc3c(=O)n(-c4ccc(NCCN5CCCC5)c(C=N)c4)ccc3o2)cc1. The third-order valence-corrected chi connectivity index (χ3v) is 6.33. The molecule has 5 rings (SSSR count). The number of anilines is 1. The smallest absolute Gasteiger partial charge is 0.266 e. The van der Waals surface area contributed by atoms with Gasteiger partial charge in [0.05, 0.1) is 5.39 Å². The van der Waals surface area contributed by atoms with Crippen LogP contribution in [-0.4, -0.2) is 41.9 Å². The highest BCUT2D eigenvalue weighted by Gasteiger charge is 2.14. The van der Waals surface area contributed by atoms with Gasteiger partial charge in [-0.15, -0.1) is 0 Å². The molecule has 0 saturated carbocycles. The predicted octanol–water partition coefficient (Wildman–Crippen LogP) is 5.06. The van der Waals surface area contributed by atoms with Gasteiger partial charge in [-0.05, 0) is 63.2 Å². The van der Waals surface area contributed by atoms with Gasteiger partial charge in [-0.25, -0.2) is 0 Å². The Morgan fingerprint density at radius 2 is 1.85 bits per heavy atom. The van der Waals surface area contributed by atoms with E-state index in [4.69, 9.17) is 9.83 Å². The van der Waals surface area contributed by atoms with E-state index in [1.165, 1.54) is 37.7 Å². The largest absolute Gasteiger partial charge is 0.456 e. The molecular formula is C27H28N4O2. The Balaban J connectivity index is 1.41. The van der Waals surface area contributed by atoms with Crippen LogP contribution in [0.25, 0.3) is 28.0 Å². The molecule has 1 saturated heterocycles. The Kier molecular flexibility index (Phi) is 5.84. The zero-order valence-corrected chi connectivity index (χ0v) is 18.8. The van der Waals surface area contributed by atoms with Crippen LogP contribution in [0.15, 0.2) is 70.0 Å². The van der Waals surface area contributed by atoms with Crippen molar-refractivity contribution in [3.8, 4) is 17.0 Å². The van der Waals surface area contributed by atoms with Gasteiger partial charge in [-0.3, -0.25) is 9.36 Å². The fraction of sp³-hybridized carbons (Fsp3) is 0.259. The zero-order valence-electron chi connectivity index (χ0n) is 18.8. The van der Waals surface area contributed by atoms with Crippen molar-refractivity contribution in [2.45, 2.75) is 19.8 Å². The minimum atomic E-state index is -0.139. The van der Waals surface area contributed by atoms with Crippen molar-refractivity contribution in [2.24, 2.45) is 0 Å². The van der Waals surface area contributed by atoms with E-state index in [0.717, 1.165) is 35.6 Å². The van der Waals surface area contributed by atoms with Crippen LogP contribution in [0.3, 0.4) is 0 Å². The summed E-state index contributed by atoms with van der Waals surface area (Å²) in [4.78, 5) is 15.7. The molecule has 4 aromatic rings. The third-order valence-electron chi connectivity index (χ3n) is 6.33. The molecule has 3 heterocycles. The molecule has 2 aromatic heterocycles. The van der Waals surface area contributed by atoms with Crippen LogP contribution in [-0.2, 0) is 0 Å². The summed E-state index contributed by atoms with van der Waals surface area (Å²) < 4.78 is 7.56. The van der Waals surface area contributed by atoms with Gasteiger partial charge in [0.15, 0.2) is 0 Å². The summed E-state index contributed by atoms with van der Waals surface area (Å²) >= 11 is 0.